The average molecular weight is 339 g/mol. The number of hydrogen-bond donors (Lipinski definition) is 1. The van der Waals surface area contributed by atoms with Crippen LogP contribution in [0.25, 0.3) is 0 Å². The Labute approximate surface area is 120 Å². The maximum Gasteiger partial charge on any atom is 0.252 e. The van der Waals surface area contributed by atoms with E-state index in [1.807, 2.05) is 0 Å². The summed E-state index contributed by atoms with van der Waals surface area (Å²) in [7, 11) is 0. The van der Waals surface area contributed by atoms with Crippen LogP contribution in [-0.4, -0.2) is 17.3 Å². The fraction of sp³-hybridized carbons (Fsp3) is 0.417. The van der Waals surface area contributed by atoms with E-state index in [1.54, 1.807) is 18.2 Å². The zero-order valence-corrected chi connectivity index (χ0v) is 12.6. The molecule has 1 N–H and O–H groups in total. The van der Waals surface area contributed by atoms with Gasteiger partial charge in [-0.2, -0.15) is 0 Å². The van der Waals surface area contributed by atoms with Crippen molar-refractivity contribution in [2.75, 3.05) is 6.54 Å². The Morgan fingerprint density at radius 3 is 2.76 bits per heavy atom. The van der Waals surface area contributed by atoms with Gasteiger partial charge in [-0.25, -0.2) is 0 Å². The second kappa shape index (κ2) is 7.24. The van der Waals surface area contributed by atoms with E-state index in [9.17, 15) is 4.79 Å². The van der Waals surface area contributed by atoms with Crippen LogP contribution in [0.5, 0.6) is 0 Å². The van der Waals surface area contributed by atoms with Crippen LogP contribution in [0.15, 0.2) is 18.2 Å². The summed E-state index contributed by atoms with van der Waals surface area (Å²) in [6.07, 6.45) is 1.94. The first kappa shape index (κ1) is 14.8. The van der Waals surface area contributed by atoms with Crippen LogP contribution in [0.4, 0.5) is 0 Å². The molecule has 5 heteroatoms. The molecule has 0 aliphatic rings. The molecule has 1 aromatic rings. The second-order valence-electron chi connectivity index (χ2n) is 3.67. The minimum absolute atomic E-state index is 0.164. The van der Waals surface area contributed by atoms with Crippen molar-refractivity contribution in [1.29, 1.82) is 0 Å². The van der Waals surface area contributed by atoms with E-state index in [4.69, 9.17) is 23.2 Å². The number of nitrogens with one attached hydrogen (secondary N) is 1. The van der Waals surface area contributed by atoms with Crippen LogP contribution in [0.3, 0.4) is 0 Å². The Hall–Kier alpha value is -0.250. The number of halogens is 3. The minimum atomic E-state index is -0.164. The van der Waals surface area contributed by atoms with Crippen LogP contribution >= 0.6 is 39.1 Å². The first-order valence-corrected chi connectivity index (χ1v) is 7.09. The molecule has 0 aromatic heterocycles. The number of carbonyl (C=O) groups is 1. The predicted molar refractivity (Wildman–Crippen MR) is 76.4 cm³/mol. The van der Waals surface area contributed by atoms with Gasteiger partial charge in [0.25, 0.3) is 5.91 Å². The SMILES string of the molecule is CCC(Br)CCNC(=O)c1ccc(Cl)cc1Cl. The molecule has 1 amide bonds. The standard InChI is InChI=1S/C12H14BrCl2NO/c1-2-8(13)5-6-16-12(17)10-4-3-9(14)7-11(10)15/h3-4,7-8H,2,5-6H2,1H3,(H,16,17). The van der Waals surface area contributed by atoms with Crippen molar-refractivity contribution in [1.82, 2.24) is 5.32 Å². The molecule has 2 nitrogen and oxygen atoms in total. The van der Waals surface area contributed by atoms with Gasteiger partial charge in [0, 0.05) is 16.4 Å². The number of amides is 1. The van der Waals surface area contributed by atoms with E-state index in [1.165, 1.54) is 0 Å². The van der Waals surface area contributed by atoms with Gasteiger partial charge < -0.3 is 5.32 Å². The molecule has 17 heavy (non-hydrogen) atoms. The lowest BCUT2D eigenvalue weighted by Crippen LogP contribution is -2.26. The van der Waals surface area contributed by atoms with Crippen LogP contribution in [0.2, 0.25) is 10.0 Å². The van der Waals surface area contributed by atoms with Crippen molar-refractivity contribution in [2.45, 2.75) is 24.6 Å². The van der Waals surface area contributed by atoms with Gasteiger partial charge in [-0.15, -0.1) is 0 Å². The molecule has 94 valence electrons. The van der Waals surface area contributed by atoms with Gasteiger partial charge >= 0.3 is 0 Å². The fourth-order valence-electron chi connectivity index (χ4n) is 1.32. The predicted octanol–water partition coefficient (Wildman–Crippen LogP) is 4.29. The molecule has 1 rings (SSSR count). The Bertz CT molecular complexity index is 398. The number of benzene rings is 1. The summed E-state index contributed by atoms with van der Waals surface area (Å²) >= 11 is 15.2. The first-order chi connectivity index (χ1) is 8.04. The fourth-order valence-corrected chi connectivity index (χ4v) is 2.04. The van der Waals surface area contributed by atoms with E-state index < -0.39 is 0 Å². The smallest absolute Gasteiger partial charge is 0.252 e. The summed E-state index contributed by atoms with van der Waals surface area (Å²) in [6.45, 7) is 2.72. The molecule has 1 unspecified atom stereocenters. The molecule has 0 saturated heterocycles. The van der Waals surface area contributed by atoms with Crippen LogP contribution < -0.4 is 5.32 Å². The largest absolute Gasteiger partial charge is 0.352 e. The lowest BCUT2D eigenvalue weighted by Gasteiger charge is -2.09. The van der Waals surface area contributed by atoms with Crippen molar-refractivity contribution in [3.8, 4) is 0 Å². The van der Waals surface area contributed by atoms with Crippen molar-refractivity contribution < 1.29 is 4.79 Å². The molecular weight excluding hydrogens is 325 g/mol. The summed E-state index contributed by atoms with van der Waals surface area (Å²) < 4.78 is 0. The van der Waals surface area contributed by atoms with Crippen LogP contribution in [-0.2, 0) is 0 Å². The maximum atomic E-state index is 11.8. The maximum absolute atomic E-state index is 11.8. The summed E-state index contributed by atoms with van der Waals surface area (Å²) in [6, 6.07) is 4.85. The van der Waals surface area contributed by atoms with E-state index >= 15 is 0 Å². The van der Waals surface area contributed by atoms with Gasteiger partial charge in [0.2, 0.25) is 0 Å². The highest BCUT2D eigenvalue weighted by atomic mass is 79.9. The van der Waals surface area contributed by atoms with Gasteiger partial charge in [0.05, 0.1) is 10.6 Å². The lowest BCUT2D eigenvalue weighted by molar-refractivity contribution is 0.0953. The zero-order valence-electron chi connectivity index (χ0n) is 9.47. The highest BCUT2D eigenvalue weighted by Crippen LogP contribution is 2.20. The third-order valence-electron chi connectivity index (χ3n) is 2.36. The normalized spacial score (nSPS) is 12.2. The Kier molecular flexibility index (Phi) is 6.31. The van der Waals surface area contributed by atoms with Crippen LogP contribution in [0.1, 0.15) is 30.1 Å². The molecule has 1 atom stereocenters. The Balaban J connectivity index is 2.52. The van der Waals surface area contributed by atoms with Crippen molar-refractivity contribution >= 4 is 45.0 Å². The monoisotopic (exact) mass is 337 g/mol. The second-order valence-corrected chi connectivity index (χ2v) is 5.81. The van der Waals surface area contributed by atoms with Gasteiger partial charge in [-0.1, -0.05) is 46.1 Å². The van der Waals surface area contributed by atoms with Gasteiger partial charge in [-0.05, 0) is 31.0 Å². The minimum Gasteiger partial charge on any atom is -0.352 e. The Morgan fingerprint density at radius 1 is 1.47 bits per heavy atom. The van der Waals surface area contributed by atoms with E-state index in [-0.39, 0.29) is 5.91 Å². The Morgan fingerprint density at radius 2 is 2.18 bits per heavy atom. The number of rotatable bonds is 5. The quantitative estimate of drug-likeness (QED) is 0.797. The number of hydrogen-bond acceptors (Lipinski definition) is 1. The van der Waals surface area contributed by atoms with Crippen molar-refractivity contribution in [2.24, 2.45) is 0 Å². The first-order valence-electron chi connectivity index (χ1n) is 5.42. The summed E-state index contributed by atoms with van der Waals surface area (Å²) in [4.78, 5) is 12.2. The molecule has 0 heterocycles. The third-order valence-corrected chi connectivity index (χ3v) is 4.01. The number of alkyl halides is 1. The summed E-state index contributed by atoms with van der Waals surface area (Å²) in [5.74, 6) is -0.164. The van der Waals surface area contributed by atoms with Crippen LogP contribution in [0, 0.1) is 0 Å². The molecule has 0 bridgehead atoms. The lowest BCUT2D eigenvalue weighted by atomic mass is 10.2. The van der Waals surface area contributed by atoms with Crippen molar-refractivity contribution in [3.05, 3.63) is 33.8 Å². The van der Waals surface area contributed by atoms with Crippen molar-refractivity contribution in [3.63, 3.8) is 0 Å². The molecule has 0 aliphatic carbocycles. The van der Waals surface area contributed by atoms with E-state index in [2.05, 4.69) is 28.2 Å². The van der Waals surface area contributed by atoms with Gasteiger partial charge in [0.1, 0.15) is 0 Å². The van der Waals surface area contributed by atoms with E-state index in [0.717, 1.165) is 12.8 Å². The summed E-state index contributed by atoms with van der Waals surface area (Å²) in [5, 5.41) is 3.73. The molecule has 0 radical (unpaired) electrons. The van der Waals surface area contributed by atoms with E-state index in [0.29, 0.717) is 27.0 Å². The summed E-state index contributed by atoms with van der Waals surface area (Å²) in [5.41, 5.74) is 0.457. The topological polar surface area (TPSA) is 29.1 Å². The highest BCUT2D eigenvalue weighted by Gasteiger charge is 2.10. The molecular formula is C12H14BrCl2NO. The molecule has 1 aromatic carbocycles. The third kappa shape index (κ3) is 4.86. The average Bonchev–Trinajstić information content (AvgIpc) is 2.28. The molecule has 0 spiro atoms. The molecule has 0 saturated carbocycles. The van der Waals surface area contributed by atoms with Gasteiger partial charge in [-0.3, -0.25) is 4.79 Å². The zero-order chi connectivity index (χ0) is 12.8. The van der Waals surface area contributed by atoms with Gasteiger partial charge in [0.15, 0.2) is 0 Å². The molecule has 0 aliphatic heterocycles. The molecule has 0 fully saturated rings. The highest BCUT2D eigenvalue weighted by molar-refractivity contribution is 9.09. The number of carbonyl (C=O) groups excluding carboxylic acids is 1.